The van der Waals surface area contributed by atoms with Crippen LogP contribution in [0.2, 0.25) is 0 Å². The van der Waals surface area contributed by atoms with E-state index in [9.17, 15) is 4.39 Å². The van der Waals surface area contributed by atoms with Crippen molar-refractivity contribution in [3.63, 3.8) is 0 Å². The summed E-state index contributed by atoms with van der Waals surface area (Å²) in [6.45, 7) is 1.95. The van der Waals surface area contributed by atoms with Crippen molar-refractivity contribution in [1.29, 1.82) is 0 Å². The summed E-state index contributed by atoms with van der Waals surface area (Å²) in [4.78, 5) is 0. The Morgan fingerprint density at radius 2 is 1.90 bits per heavy atom. The summed E-state index contributed by atoms with van der Waals surface area (Å²) in [6, 6.07) is 13.5. The molecule has 1 nitrogen and oxygen atoms in total. The quantitative estimate of drug-likeness (QED) is 0.713. The first-order valence-corrected chi connectivity index (χ1v) is 8.65. The van der Waals surface area contributed by atoms with Crippen LogP contribution in [0.1, 0.15) is 29.4 Å². The predicted octanol–water partition coefficient (Wildman–Crippen LogP) is 5.21. The maximum atomic E-state index is 13.3. The monoisotopic (exact) mass is 411 g/mol. The van der Waals surface area contributed by atoms with Crippen molar-refractivity contribution in [3.8, 4) is 0 Å². The molecule has 2 unspecified atom stereocenters. The van der Waals surface area contributed by atoms with E-state index in [0.717, 1.165) is 28.5 Å². The second kappa shape index (κ2) is 6.59. The topological polar surface area (TPSA) is 12.0 Å². The molecule has 0 aliphatic carbocycles. The fourth-order valence-corrected chi connectivity index (χ4v) is 4.18. The van der Waals surface area contributed by atoms with Gasteiger partial charge in [0, 0.05) is 21.4 Å². The lowest BCUT2D eigenvalue weighted by molar-refractivity contribution is 0.403. The molecule has 0 bridgehead atoms. The van der Waals surface area contributed by atoms with E-state index >= 15 is 0 Å². The molecule has 0 amide bonds. The smallest absolute Gasteiger partial charge is 0.124 e. The van der Waals surface area contributed by atoms with Crippen LogP contribution in [0.25, 0.3) is 0 Å². The molecule has 4 heteroatoms. The summed E-state index contributed by atoms with van der Waals surface area (Å²) in [7, 11) is 0. The number of hydrogen-bond acceptors (Lipinski definition) is 1. The Morgan fingerprint density at radius 3 is 2.67 bits per heavy atom. The Morgan fingerprint density at radius 1 is 1.05 bits per heavy atom. The molecular weight excluding hydrogens is 397 g/mol. The molecule has 2 atom stereocenters. The van der Waals surface area contributed by atoms with E-state index in [1.54, 1.807) is 12.1 Å². The molecule has 0 radical (unpaired) electrons. The highest BCUT2D eigenvalue weighted by molar-refractivity contribution is 9.10. The molecule has 1 heterocycles. The van der Waals surface area contributed by atoms with E-state index in [2.05, 4.69) is 55.4 Å². The number of hydrogen-bond donors (Lipinski definition) is 1. The molecule has 21 heavy (non-hydrogen) atoms. The fourth-order valence-electron chi connectivity index (χ4n) is 3.12. The Bertz CT molecular complexity index is 644. The molecule has 1 aliphatic rings. The van der Waals surface area contributed by atoms with Crippen LogP contribution in [-0.4, -0.2) is 13.1 Å². The number of benzene rings is 2. The van der Waals surface area contributed by atoms with Gasteiger partial charge in [-0.2, -0.15) is 0 Å². The van der Waals surface area contributed by atoms with E-state index < -0.39 is 0 Å². The maximum absolute atomic E-state index is 13.3. The number of nitrogens with one attached hydrogen (secondary N) is 1. The molecule has 0 saturated carbocycles. The highest BCUT2D eigenvalue weighted by Gasteiger charge is 2.29. The third-order valence-electron chi connectivity index (χ3n) is 4.12. The average Bonchev–Trinajstić information content (AvgIpc) is 2.47. The molecule has 3 rings (SSSR count). The summed E-state index contributed by atoms with van der Waals surface area (Å²) in [6.07, 6.45) is 1.06. The van der Waals surface area contributed by atoms with Crippen LogP contribution in [0, 0.1) is 5.82 Å². The average molecular weight is 413 g/mol. The van der Waals surface area contributed by atoms with Crippen LogP contribution in [0.3, 0.4) is 0 Å². The maximum Gasteiger partial charge on any atom is 0.124 e. The molecule has 2 aromatic rings. The molecule has 1 aliphatic heterocycles. The zero-order valence-corrected chi connectivity index (χ0v) is 14.6. The molecular formula is C17H16Br2FN. The number of rotatable bonds is 2. The van der Waals surface area contributed by atoms with Gasteiger partial charge in [0.2, 0.25) is 0 Å². The van der Waals surface area contributed by atoms with Crippen molar-refractivity contribution in [2.24, 2.45) is 0 Å². The zero-order chi connectivity index (χ0) is 14.8. The van der Waals surface area contributed by atoms with Gasteiger partial charge in [0.1, 0.15) is 5.82 Å². The van der Waals surface area contributed by atoms with E-state index in [0.29, 0.717) is 11.8 Å². The van der Waals surface area contributed by atoms with E-state index in [1.807, 2.05) is 12.1 Å². The molecule has 0 spiro atoms. The van der Waals surface area contributed by atoms with Crippen LogP contribution >= 0.6 is 31.9 Å². The van der Waals surface area contributed by atoms with Gasteiger partial charge in [-0.15, -0.1) is 0 Å². The zero-order valence-electron chi connectivity index (χ0n) is 11.5. The van der Waals surface area contributed by atoms with Gasteiger partial charge < -0.3 is 5.32 Å². The predicted molar refractivity (Wildman–Crippen MR) is 91.2 cm³/mol. The lowest BCUT2D eigenvalue weighted by Crippen LogP contribution is -2.34. The van der Waals surface area contributed by atoms with E-state index in [4.69, 9.17) is 0 Å². The Labute approximate surface area is 141 Å². The third kappa shape index (κ3) is 3.38. The van der Waals surface area contributed by atoms with Crippen LogP contribution in [0.5, 0.6) is 0 Å². The molecule has 1 fully saturated rings. The van der Waals surface area contributed by atoms with Crippen molar-refractivity contribution in [1.82, 2.24) is 5.32 Å². The summed E-state index contributed by atoms with van der Waals surface area (Å²) in [5.41, 5.74) is 2.51. The SMILES string of the molecule is Fc1ccc(C2CCNCC2c2cccc(Br)c2)c(Br)c1. The second-order valence-corrected chi connectivity index (χ2v) is 7.20. The van der Waals surface area contributed by atoms with Gasteiger partial charge in [0.05, 0.1) is 0 Å². The molecule has 110 valence electrons. The minimum atomic E-state index is -0.196. The minimum absolute atomic E-state index is 0.196. The standard InChI is InChI=1S/C17H16Br2FN/c18-12-3-1-2-11(8-12)16-10-21-7-6-14(16)15-5-4-13(20)9-17(15)19/h1-5,8-9,14,16,21H,6-7,10H2. The highest BCUT2D eigenvalue weighted by Crippen LogP contribution is 2.40. The fraction of sp³-hybridized carbons (Fsp3) is 0.294. The van der Waals surface area contributed by atoms with Crippen molar-refractivity contribution < 1.29 is 4.39 Å². The Kier molecular flexibility index (Phi) is 4.77. The normalized spacial score (nSPS) is 22.2. The largest absolute Gasteiger partial charge is 0.316 e. The van der Waals surface area contributed by atoms with Crippen molar-refractivity contribution in [3.05, 3.63) is 68.4 Å². The van der Waals surface area contributed by atoms with Crippen LogP contribution < -0.4 is 5.32 Å². The summed E-state index contributed by atoms with van der Waals surface area (Å²) in [5.74, 6) is 0.604. The van der Waals surface area contributed by atoms with Crippen LogP contribution in [0.4, 0.5) is 4.39 Å². The van der Waals surface area contributed by atoms with Crippen molar-refractivity contribution in [2.75, 3.05) is 13.1 Å². The first kappa shape index (κ1) is 15.2. The third-order valence-corrected chi connectivity index (χ3v) is 5.30. The molecule has 0 aromatic heterocycles. The van der Waals surface area contributed by atoms with Gasteiger partial charge in [-0.25, -0.2) is 4.39 Å². The lowest BCUT2D eigenvalue weighted by Gasteiger charge is -2.33. The van der Waals surface area contributed by atoms with Gasteiger partial charge in [0.15, 0.2) is 0 Å². The van der Waals surface area contributed by atoms with Gasteiger partial charge in [-0.05, 0) is 54.3 Å². The number of piperidine rings is 1. The van der Waals surface area contributed by atoms with Gasteiger partial charge in [-0.3, -0.25) is 0 Å². The summed E-state index contributed by atoms with van der Waals surface area (Å²) < 4.78 is 15.3. The summed E-state index contributed by atoms with van der Waals surface area (Å²) >= 11 is 7.08. The van der Waals surface area contributed by atoms with E-state index in [1.165, 1.54) is 11.1 Å². The van der Waals surface area contributed by atoms with Gasteiger partial charge in [-0.1, -0.05) is 50.1 Å². The number of halogens is 3. The second-order valence-electron chi connectivity index (χ2n) is 5.43. The first-order chi connectivity index (χ1) is 10.1. The summed E-state index contributed by atoms with van der Waals surface area (Å²) in [5, 5.41) is 3.48. The Balaban J connectivity index is 1.98. The van der Waals surface area contributed by atoms with Crippen LogP contribution in [-0.2, 0) is 0 Å². The molecule has 2 aromatic carbocycles. The lowest BCUT2D eigenvalue weighted by atomic mass is 9.77. The first-order valence-electron chi connectivity index (χ1n) is 7.06. The minimum Gasteiger partial charge on any atom is -0.316 e. The van der Waals surface area contributed by atoms with Gasteiger partial charge in [0.25, 0.3) is 0 Å². The van der Waals surface area contributed by atoms with Crippen molar-refractivity contribution >= 4 is 31.9 Å². The van der Waals surface area contributed by atoms with Gasteiger partial charge >= 0.3 is 0 Å². The van der Waals surface area contributed by atoms with Crippen molar-refractivity contribution in [2.45, 2.75) is 18.3 Å². The Hall–Kier alpha value is -0.710. The van der Waals surface area contributed by atoms with E-state index in [-0.39, 0.29) is 5.82 Å². The highest BCUT2D eigenvalue weighted by atomic mass is 79.9. The van der Waals surface area contributed by atoms with Crippen LogP contribution in [0.15, 0.2) is 51.4 Å². The molecule has 1 saturated heterocycles. The molecule has 1 N–H and O–H groups in total.